The summed E-state index contributed by atoms with van der Waals surface area (Å²) in [7, 11) is 0. The number of pyridine rings is 1. The zero-order valence-electron chi connectivity index (χ0n) is 8.90. The molecular weight excluding hydrogens is 212 g/mol. The number of nitrogens with zero attached hydrogens (tertiary/aromatic N) is 1. The van der Waals surface area contributed by atoms with E-state index < -0.39 is 0 Å². The van der Waals surface area contributed by atoms with Crippen LogP contribution in [-0.4, -0.2) is 24.2 Å². The van der Waals surface area contributed by atoms with E-state index in [1.165, 1.54) is 12.8 Å². The number of aromatic nitrogens is 1. The van der Waals surface area contributed by atoms with Crippen molar-refractivity contribution < 1.29 is 4.74 Å². The molecule has 1 aromatic heterocycles. The van der Waals surface area contributed by atoms with E-state index in [1.807, 2.05) is 19.1 Å². The van der Waals surface area contributed by atoms with Crippen molar-refractivity contribution in [2.24, 2.45) is 0 Å². The zero-order valence-corrected chi connectivity index (χ0v) is 9.72. The fourth-order valence-electron chi connectivity index (χ4n) is 1.70. The predicted octanol–water partition coefficient (Wildman–Crippen LogP) is 1.94. The molecule has 1 aromatic rings. The Morgan fingerprint density at radius 1 is 1.60 bits per heavy atom. The van der Waals surface area contributed by atoms with Crippen molar-refractivity contribution in [3.05, 3.63) is 23.9 Å². The maximum absolute atomic E-state index is 5.65. The van der Waals surface area contributed by atoms with E-state index in [0.29, 0.717) is 6.04 Å². The van der Waals surface area contributed by atoms with Gasteiger partial charge in [0.2, 0.25) is 5.88 Å². The Bertz CT molecular complexity index is 300. The number of nitrogens with one attached hydrogen (secondary N) is 1. The van der Waals surface area contributed by atoms with E-state index in [0.717, 1.165) is 24.6 Å². The van der Waals surface area contributed by atoms with Gasteiger partial charge in [-0.1, -0.05) is 6.07 Å². The van der Waals surface area contributed by atoms with Gasteiger partial charge in [0.05, 0.1) is 0 Å². The monoisotopic (exact) mass is 228 g/mol. The van der Waals surface area contributed by atoms with Gasteiger partial charge in [-0.05, 0) is 32.4 Å². The number of hydrogen-bond acceptors (Lipinski definition) is 3. The molecule has 1 atom stereocenters. The highest BCUT2D eigenvalue weighted by molar-refractivity contribution is 5.85. The second-order valence-electron chi connectivity index (χ2n) is 3.73. The molecule has 0 spiro atoms. The standard InChI is InChI=1S/C11H16N2O.ClH/c1-9-4-2-7-13-11(9)14-8-10-5-3-6-12-10;/h2,4,7,10,12H,3,5-6,8H2,1H3;1H/t10-;/m0./s1. The topological polar surface area (TPSA) is 34.1 Å². The summed E-state index contributed by atoms with van der Waals surface area (Å²) in [5.41, 5.74) is 1.10. The highest BCUT2D eigenvalue weighted by Crippen LogP contribution is 2.13. The zero-order chi connectivity index (χ0) is 9.80. The summed E-state index contributed by atoms with van der Waals surface area (Å²) in [5.74, 6) is 0.765. The van der Waals surface area contributed by atoms with E-state index in [4.69, 9.17) is 4.74 Å². The van der Waals surface area contributed by atoms with Crippen LogP contribution in [0.3, 0.4) is 0 Å². The van der Waals surface area contributed by atoms with Crippen molar-refractivity contribution in [3.63, 3.8) is 0 Å². The molecule has 0 aliphatic carbocycles. The van der Waals surface area contributed by atoms with Crippen LogP contribution in [0.2, 0.25) is 0 Å². The number of halogens is 1. The Labute approximate surface area is 96.7 Å². The third kappa shape index (κ3) is 3.36. The van der Waals surface area contributed by atoms with Crippen molar-refractivity contribution in [1.82, 2.24) is 10.3 Å². The van der Waals surface area contributed by atoms with Crippen LogP contribution in [0.1, 0.15) is 18.4 Å². The summed E-state index contributed by atoms with van der Waals surface area (Å²) in [5, 5.41) is 3.39. The summed E-state index contributed by atoms with van der Waals surface area (Å²) in [6.45, 7) is 3.87. The molecule has 3 nitrogen and oxygen atoms in total. The fraction of sp³-hybridized carbons (Fsp3) is 0.545. The van der Waals surface area contributed by atoms with Crippen LogP contribution in [0.5, 0.6) is 5.88 Å². The van der Waals surface area contributed by atoms with Gasteiger partial charge in [0.15, 0.2) is 0 Å². The third-order valence-corrected chi connectivity index (χ3v) is 2.55. The summed E-state index contributed by atoms with van der Waals surface area (Å²) >= 11 is 0. The Morgan fingerprint density at radius 3 is 3.13 bits per heavy atom. The fourth-order valence-corrected chi connectivity index (χ4v) is 1.70. The molecule has 84 valence electrons. The lowest BCUT2D eigenvalue weighted by Crippen LogP contribution is -2.28. The summed E-state index contributed by atoms with van der Waals surface area (Å²) in [6.07, 6.45) is 4.24. The van der Waals surface area contributed by atoms with Crippen LogP contribution in [0.25, 0.3) is 0 Å². The first-order chi connectivity index (χ1) is 6.86. The molecule has 1 aliphatic heterocycles. The van der Waals surface area contributed by atoms with Crippen molar-refractivity contribution in [3.8, 4) is 5.88 Å². The van der Waals surface area contributed by atoms with E-state index in [1.54, 1.807) is 6.20 Å². The molecule has 1 saturated heterocycles. The van der Waals surface area contributed by atoms with Crippen LogP contribution >= 0.6 is 12.4 Å². The second-order valence-corrected chi connectivity index (χ2v) is 3.73. The van der Waals surface area contributed by atoms with Gasteiger partial charge in [0, 0.05) is 17.8 Å². The van der Waals surface area contributed by atoms with Gasteiger partial charge in [-0.3, -0.25) is 0 Å². The minimum Gasteiger partial charge on any atom is -0.476 e. The molecular formula is C11H17ClN2O. The Morgan fingerprint density at radius 2 is 2.47 bits per heavy atom. The van der Waals surface area contributed by atoms with Crippen molar-refractivity contribution >= 4 is 12.4 Å². The summed E-state index contributed by atoms with van der Waals surface area (Å²) in [6, 6.07) is 4.46. The minimum atomic E-state index is 0. The minimum absolute atomic E-state index is 0. The Balaban J connectivity index is 0.00000112. The lowest BCUT2D eigenvalue weighted by atomic mass is 10.2. The third-order valence-electron chi connectivity index (χ3n) is 2.55. The first kappa shape index (κ1) is 12.3. The van der Waals surface area contributed by atoms with Gasteiger partial charge < -0.3 is 10.1 Å². The van der Waals surface area contributed by atoms with Crippen LogP contribution in [0, 0.1) is 6.92 Å². The normalized spacial score (nSPS) is 19.7. The summed E-state index contributed by atoms with van der Waals surface area (Å²) in [4.78, 5) is 4.19. The molecule has 2 heterocycles. The molecule has 4 heteroatoms. The smallest absolute Gasteiger partial charge is 0.216 e. The average Bonchev–Trinajstić information content (AvgIpc) is 2.69. The van der Waals surface area contributed by atoms with Gasteiger partial charge in [0.1, 0.15) is 6.61 Å². The molecule has 0 amide bonds. The number of aryl methyl sites for hydroxylation is 1. The molecule has 2 rings (SSSR count). The maximum Gasteiger partial charge on any atom is 0.216 e. The average molecular weight is 229 g/mol. The quantitative estimate of drug-likeness (QED) is 0.859. The van der Waals surface area contributed by atoms with Crippen molar-refractivity contribution in [2.75, 3.05) is 13.2 Å². The first-order valence-electron chi connectivity index (χ1n) is 5.14. The first-order valence-corrected chi connectivity index (χ1v) is 5.14. The van der Waals surface area contributed by atoms with Crippen molar-refractivity contribution in [1.29, 1.82) is 0 Å². The molecule has 1 N–H and O–H groups in total. The Hall–Kier alpha value is -0.800. The molecule has 15 heavy (non-hydrogen) atoms. The highest BCUT2D eigenvalue weighted by Gasteiger charge is 2.14. The van der Waals surface area contributed by atoms with Crippen LogP contribution < -0.4 is 10.1 Å². The molecule has 0 aromatic carbocycles. The van der Waals surface area contributed by atoms with Gasteiger partial charge in [-0.25, -0.2) is 4.98 Å². The largest absolute Gasteiger partial charge is 0.476 e. The SMILES string of the molecule is Cc1cccnc1OC[C@@H]1CCCN1.Cl. The van der Waals surface area contributed by atoms with E-state index >= 15 is 0 Å². The van der Waals surface area contributed by atoms with Crippen LogP contribution in [-0.2, 0) is 0 Å². The number of rotatable bonds is 3. The van der Waals surface area contributed by atoms with E-state index in [2.05, 4.69) is 10.3 Å². The van der Waals surface area contributed by atoms with Crippen LogP contribution in [0.15, 0.2) is 18.3 Å². The Kier molecular flexibility index (Phi) is 4.85. The molecule has 0 radical (unpaired) electrons. The van der Waals surface area contributed by atoms with Gasteiger partial charge in [-0.2, -0.15) is 0 Å². The second kappa shape index (κ2) is 5.93. The van der Waals surface area contributed by atoms with E-state index in [9.17, 15) is 0 Å². The molecule has 1 fully saturated rings. The van der Waals surface area contributed by atoms with Gasteiger partial charge >= 0.3 is 0 Å². The van der Waals surface area contributed by atoms with Gasteiger partial charge in [-0.15, -0.1) is 12.4 Å². The van der Waals surface area contributed by atoms with Crippen molar-refractivity contribution in [2.45, 2.75) is 25.8 Å². The van der Waals surface area contributed by atoms with Gasteiger partial charge in [0.25, 0.3) is 0 Å². The molecule has 1 aliphatic rings. The molecule has 0 bridgehead atoms. The predicted molar refractivity (Wildman–Crippen MR) is 62.7 cm³/mol. The number of hydrogen-bond donors (Lipinski definition) is 1. The lowest BCUT2D eigenvalue weighted by molar-refractivity contribution is 0.266. The highest BCUT2D eigenvalue weighted by atomic mass is 35.5. The van der Waals surface area contributed by atoms with Crippen LogP contribution in [0.4, 0.5) is 0 Å². The number of ether oxygens (including phenoxy) is 1. The molecule has 0 saturated carbocycles. The maximum atomic E-state index is 5.65. The molecule has 0 unspecified atom stereocenters. The lowest BCUT2D eigenvalue weighted by Gasteiger charge is -2.12. The summed E-state index contributed by atoms with van der Waals surface area (Å²) < 4.78 is 5.65. The van der Waals surface area contributed by atoms with E-state index in [-0.39, 0.29) is 12.4 Å².